The van der Waals surface area contributed by atoms with E-state index in [-0.39, 0.29) is 5.54 Å². The molecule has 1 aromatic heterocycles. The van der Waals surface area contributed by atoms with Gasteiger partial charge in [0.05, 0.1) is 11.2 Å². The van der Waals surface area contributed by atoms with Crippen LogP contribution in [0.3, 0.4) is 0 Å². The minimum absolute atomic E-state index is 0.0397. The summed E-state index contributed by atoms with van der Waals surface area (Å²) < 4.78 is 6.29. The molecule has 0 atom stereocenters. The SMILES string of the molecule is CC(C)(C)NCc1cnoc1-c1ccc(Br)cc1Cl. The molecule has 0 saturated carbocycles. The van der Waals surface area contributed by atoms with Crippen molar-refractivity contribution in [3.8, 4) is 11.3 Å². The van der Waals surface area contributed by atoms with Gasteiger partial charge in [0.1, 0.15) is 0 Å². The molecule has 2 aromatic rings. The first-order valence-electron chi connectivity index (χ1n) is 6.01. The number of halogens is 2. The van der Waals surface area contributed by atoms with Gasteiger partial charge in [0, 0.05) is 27.7 Å². The molecule has 0 spiro atoms. The lowest BCUT2D eigenvalue weighted by Gasteiger charge is -2.20. The minimum Gasteiger partial charge on any atom is -0.356 e. The molecule has 0 amide bonds. The van der Waals surface area contributed by atoms with Gasteiger partial charge in [-0.25, -0.2) is 0 Å². The van der Waals surface area contributed by atoms with Gasteiger partial charge in [-0.1, -0.05) is 32.7 Å². The van der Waals surface area contributed by atoms with E-state index in [4.69, 9.17) is 16.1 Å². The predicted molar refractivity (Wildman–Crippen MR) is 81.2 cm³/mol. The second-order valence-corrected chi connectivity index (χ2v) is 6.73. The monoisotopic (exact) mass is 342 g/mol. The number of nitrogens with one attached hydrogen (secondary N) is 1. The Bertz CT molecular complexity index is 575. The molecule has 2 rings (SSSR count). The highest BCUT2D eigenvalue weighted by atomic mass is 79.9. The molecule has 0 saturated heterocycles. The summed E-state index contributed by atoms with van der Waals surface area (Å²) in [6.45, 7) is 7.04. The smallest absolute Gasteiger partial charge is 0.172 e. The van der Waals surface area contributed by atoms with E-state index in [9.17, 15) is 0 Å². The van der Waals surface area contributed by atoms with Crippen LogP contribution < -0.4 is 5.32 Å². The first-order chi connectivity index (χ1) is 8.87. The van der Waals surface area contributed by atoms with Crippen LogP contribution >= 0.6 is 27.5 Å². The fourth-order valence-corrected chi connectivity index (χ4v) is 2.40. The summed E-state index contributed by atoms with van der Waals surface area (Å²) >= 11 is 9.64. The molecule has 1 aromatic carbocycles. The molecule has 0 aliphatic rings. The van der Waals surface area contributed by atoms with Gasteiger partial charge >= 0.3 is 0 Å². The van der Waals surface area contributed by atoms with Crippen molar-refractivity contribution < 1.29 is 4.52 Å². The summed E-state index contributed by atoms with van der Waals surface area (Å²) in [5.41, 5.74) is 1.89. The van der Waals surface area contributed by atoms with Crippen molar-refractivity contribution in [3.05, 3.63) is 39.5 Å². The maximum atomic E-state index is 6.24. The van der Waals surface area contributed by atoms with E-state index >= 15 is 0 Å². The fourth-order valence-electron chi connectivity index (χ4n) is 1.64. The zero-order chi connectivity index (χ0) is 14.0. The Morgan fingerprint density at radius 3 is 2.74 bits per heavy atom. The lowest BCUT2D eigenvalue weighted by atomic mass is 10.1. The second-order valence-electron chi connectivity index (χ2n) is 5.41. The number of nitrogens with zero attached hydrogens (tertiary/aromatic N) is 1. The molecule has 19 heavy (non-hydrogen) atoms. The molecule has 0 aliphatic carbocycles. The summed E-state index contributed by atoms with van der Waals surface area (Å²) in [6, 6.07) is 5.71. The Labute approximate surface area is 126 Å². The first kappa shape index (κ1) is 14.6. The molecular formula is C14H16BrClN2O. The largest absolute Gasteiger partial charge is 0.356 e. The van der Waals surface area contributed by atoms with Gasteiger partial charge in [0.15, 0.2) is 5.76 Å². The van der Waals surface area contributed by atoms with Crippen molar-refractivity contribution in [1.82, 2.24) is 10.5 Å². The summed E-state index contributed by atoms with van der Waals surface area (Å²) in [4.78, 5) is 0. The third-order valence-electron chi connectivity index (χ3n) is 2.63. The summed E-state index contributed by atoms with van der Waals surface area (Å²) in [5, 5.41) is 7.93. The summed E-state index contributed by atoms with van der Waals surface area (Å²) in [5.74, 6) is 0.717. The number of benzene rings is 1. The molecule has 0 fully saturated rings. The van der Waals surface area contributed by atoms with Gasteiger partial charge in [-0.3, -0.25) is 0 Å². The Morgan fingerprint density at radius 1 is 1.37 bits per heavy atom. The summed E-state index contributed by atoms with van der Waals surface area (Å²) in [7, 11) is 0. The molecule has 0 radical (unpaired) electrons. The predicted octanol–water partition coefficient (Wildman–Crippen LogP) is 4.65. The highest BCUT2D eigenvalue weighted by molar-refractivity contribution is 9.10. The first-order valence-corrected chi connectivity index (χ1v) is 7.18. The second kappa shape index (κ2) is 5.65. The van der Waals surface area contributed by atoms with Crippen LogP contribution in [-0.4, -0.2) is 10.7 Å². The highest BCUT2D eigenvalue weighted by Crippen LogP contribution is 2.32. The molecule has 102 valence electrons. The van der Waals surface area contributed by atoms with Crippen LogP contribution in [-0.2, 0) is 6.54 Å². The van der Waals surface area contributed by atoms with Crippen LogP contribution in [0.5, 0.6) is 0 Å². The van der Waals surface area contributed by atoms with E-state index in [1.807, 2.05) is 18.2 Å². The maximum Gasteiger partial charge on any atom is 0.172 e. The Morgan fingerprint density at radius 2 is 2.11 bits per heavy atom. The Balaban J connectivity index is 2.28. The third kappa shape index (κ3) is 3.81. The lowest BCUT2D eigenvalue weighted by molar-refractivity contribution is 0.418. The normalized spacial score (nSPS) is 11.8. The fraction of sp³-hybridized carbons (Fsp3) is 0.357. The van der Waals surface area contributed by atoms with Gasteiger partial charge in [-0.15, -0.1) is 0 Å². The molecule has 5 heteroatoms. The van der Waals surface area contributed by atoms with Gasteiger partial charge in [-0.05, 0) is 39.0 Å². The molecule has 1 heterocycles. The number of rotatable bonds is 3. The Hall–Kier alpha value is -0.840. The van der Waals surface area contributed by atoms with Crippen molar-refractivity contribution >= 4 is 27.5 Å². The van der Waals surface area contributed by atoms with E-state index < -0.39 is 0 Å². The van der Waals surface area contributed by atoms with Crippen LogP contribution in [0.4, 0.5) is 0 Å². The molecule has 0 bridgehead atoms. The maximum absolute atomic E-state index is 6.24. The Kier molecular flexibility index (Phi) is 4.33. The van der Waals surface area contributed by atoms with E-state index in [2.05, 4.69) is 47.2 Å². The molecule has 1 N–H and O–H groups in total. The number of hydrogen-bond acceptors (Lipinski definition) is 3. The average Bonchev–Trinajstić information content (AvgIpc) is 2.73. The van der Waals surface area contributed by atoms with E-state index in [0.29, 0.717) is 17.3 Å². The highest BCUT2D eigenvalue weighted by Gasteiger charge is 2.16. The molecule has 0 unspecified atom stereocenters. The minimum atomic E-state index is 0.0397. The van der Waals surface area contributed by atoms with Gasteiger partial charge < -0.3 is 9.84 Å². The van der Waals surface area contributed by atoms with Crippen LogP contribution in [0, 0.1) is 0 Å². The van der Waals surface area contributed by atoms with Crippen LogP contribution in [0.15, 0.2) is 33.4 Å². The van der Waals surface area contributed by atoms with E-state index in [1.54, 1.807) is 6.20 Å². The van der Waals surface area contributed by atoms with Crippen LogP contribution in [0.1, 0.15) is 26.3 Å². The standard InChI is InChI=1S/C14H16BrClN2O/c1-14(2,3)17-7-9-8-18-19-13(9)11-5-4-10(15)6-12(11)16/h4-6,8,17H,7H2,1-3H3. The van der Waals surface area contributed by atoms with Crippen LogP contribution in [0.25, 0.3) is 11.3 Å². The van der Waals surface area contributed by atoms with Crippen molar-refractivity contribution in [1.29, 1.82) is 0 Å². The van der Waals surface area contributed by atoms with Crippen molar-refractivity contribution in [2.24, 2.45) is 0 Å². The van der Waals surface area contributed by atoms with Gasteiger partial charge in [0.25, 0.3) is 0 Å². The van der Waals surface area contributed by atoms with Crippen molar-refractivity contribution in [2.75, 3.05) is 0 Å². The summed E-state index contributed by atoms with van der Waals surface area (Å²) in [6.07, 6.45) is 1.73. The zero-order valence-electron chi connectivity index (χ0n) is 11.1. The average molecular weight is 344 g/mol. The number of hydrogen-bond donors (Lipinski definition) is 1. The number of aromatic nitrogens is 1. The quantitative estimate of drug-likeness (QED) is 0.882. The van der Waals surface area contributed by atoms with Gasteiger partial charge in [0.2, 0.25) is 0 Å². The molecule has 3 nitrogen and oxygen atoms in total. The lowest BCUT2D eigenvalue weighted by Crippen LogP contribution is -2.35. The zero-order valence-corrected chi connectivity index (χ0v) is 13.5. The molecular weight excluding hydrogens is 328 g/mol. The molecule has 0 aliphatic heterocycles. The third-order valence-corrected chi connectivity index (χ3v) is 3.44. The van der Waals surface area contributed by atoms with Crippen molar-refractivity contribution in [2.45, 2.75) is 32.9 Å². The topological polar surface area (TPSA) is 38.1 Å². The van der Waals surface area contributed by atoms with Gasteiger partial charge in [-0.2, -0.15) is 0 Å². The van der Waals surface area contributed by atoms with E-state index in [1.165, 1.54) is 0 Å². The van der Waals surface area contributed by atoms with E-state index in [0.717, 1.165) is 15.6 Å². The van der Waals surface area contributed by atoms with Crippen molar-refractivity contribution in [3.63, 3.8) is 0 Å². The van der Waals surface area contributed by atoms with Crippen LogP contribution in [0.2, 0.25) is 5.02 Å².